The van der Waals surface area contributed by atoms with Crippen LogP contribution in [0.25, 0.3) is 0 Å². The van der Waals surface area contributed by atoms with E-state index in [1.807, 2.05) is 6.07 Å². The Balaban J connectivity index is 3.20. The van der Waals surface area contributed by atoms with Crippen LogP contribution >= 0.6 is 11.6 Å². The molecule has 4 heteroatoms. The number of benzene rings is 1. The average Bonchev–Trinajstić information content (AvgIpc) is 2.38. The van der Waals surface area contributed by atoms with Gasteiger partial charge in [0, 0.05) is 12.3 Å². The smallest absolute Gasteiger partial charge is 0.204 e. The molecule has 1 aromatic rings. The molecule has 0 saturated heterocycles. The van der Waals surface area contributed by atoms with Gasteiger partial charge < -0.3 is 14.2 Å². The standard InChI is InChI=1S/C13H15ClO3/c1-15-11-8-7-10(6-4-5-9-14)12(16-2)13(11)17-3/h7-8H,5,9H2,1-3H3. The number of ether oxygens (including phenoxy) is 3. The van der Waals surface area contributed by atoms with Gasteiger partial charge in [0.2, 0.25) is 5.75 Å². The molecule has 0 radical (unpaired) electrons. The van der Waals surface area contributed by atoms with Crippen molar-refractivity contribution in [1.29, 1.82) is 0 Å². The maximum absolute atomic E-state index is 5.57. The van der Waals surface area contributed by atoms with Crippen molar-refractivity contribution in [3.05, 3.63) is 17.7 Å². The highest BCUT2D eigenvalue weighted by Gasteiger charge is 2.14. The molecule has 0 atom stereocenters. The third-order valence-corrected chi connectivity index (χ3v) is 2.34. The fourth-order valence-corrected chi connectivity index (χ4v) is 1.50. The van der Waals surface area contributed by atoms with E-state index in [0.717, 1.165) is 5.56 Å². The Bertz CT molecular complexity index is 432. The SMILES string of the molecule is COc1ccc(C#CCCCl)c(OC)c1OC. The molecular formula is C13H15ClO3. The highest BCUT2D eigenvalue weighted by molar-refractivity contribution is 6.18. The summed E-state index contributed by atoms with van der Waals surface area (Å²) in [6.07, 6.45) is 0.638. The Morgan fingerprint density at radius 2 is 1.76 bits per heavy atom. The van der Waals surface area contributed by atoms with Crippen molar-refractivity contribution >= 4 is 11.6 Å². The van der Waals surface area contributed by atoms with Crippen LogP contribution in [0.4, 0.5) is 0 Å². The molecule has 0 spiro atoms. The summed E-state index contributed by atoms with van der Waals surface area (Å²) in [4.78, 5) is 0. The van der Waals surface area contributed by atoms with Gasteiger partial charge in [-0.15, -0.1) is 11.6 Å². The number of methoxy groups -OCH3 is 3. The first-order chi connectivity index (χ1) is 8.28. The molecule has 92 valence electrons. The highest BCUT2D eigenvalue weighted by atomic mass is 35.5. The molecule has 17 heavy (non-hydrogen) atoms. The lowest BCUT2D eigenvalue weighted by molar-refractivity contribution is 0.324. The Morgan fingerprint density at radius 3 is 2.29 bits per heavy atom. The molecule has 0 heterocycles. The first-order valence-electron chi connectivity index (χ1n) is 5.12. The minimum Gasteiger partial charge on any atom is -0.493 e. The van der Waals surface area contributed by atoms with E-state index in [9.17, 15) is 0 Å². The minimum atomic E-state index is 0.516. The van der Waals surface area contributed by atoms with Crippen molar-refractivity contribution in [3.8, 4) is 29.1 Å². The molecule has 0 N–H and O–H groups in total. The third-order valence-electron chi connectivity index (χ3n) is 2.15. The van der Waals surface area contributed by atoms with Crippen LogP contribution in [-0.4, -0.2) is 27.2 Å². The van der Waals surface area contributed by atoms with Gasteiger partial charge in [0.1, 0.15) is 0 Å². The summed E-state index contributed by atoms with van der Waals surface area (Å²) in [5.41, 5.74) is 0.760. The van der Waals surface area contributed by atoms with E-state index < -0.39 is 0 Å². The van der Waals surface area contributed by atoms with Crippen molar-refractivity contribution in [3.63, 3.8) is 0 Å². The molecule has 0 aliphatic rings. The zero-order chi connectivity index (χ0) is 12.7. The number of rotatable bonds is 4. The van der Waals surface area contributed by atoms with Crippen molar-refractivity contribution < 1.29 is 14.2 Å². The van der Waals surface area contributed by atoms with Gasteiger partial charge in [-0.25, -0.2) is 0 Å². The molecule has 0 aliphatic carbocycles. The Hall–Kier alpha value is -1.53. The molecular weight excluding hydrogens is 240 g/mol. The highest BCUT2D eigenvalue weighted by Crippen LogP contribution is 2.39. The van der Waals surface area contributed by atoms with Crippen LogP contribution in [0, 0.1) is 11.8 Å². The van der Waals surface area contributed by atoms with Crippen LogP contribution in [0.3, 0.4) is 0 Å². The number of alkyl halides is 1. The largest absolute Gasteiger partial charge is 0.493 e. The van der Waals surface area contributed by atoms with Crippen molar-refractivity contribution in [1.82, 2.24) is 0 Å². The van der Waals surface area contributed by atoms with E-state index in [4.69, 9.17) is 25.8 Å². The van der Waals surface area contributed by atoms with Crippen LogP contribution in [0.1, 0.15) is 12.0 Å². The molecule has 0 aliphatic heterocycles. The Labute approximate surface area is 107 Å². The Morgan fingerprint density at radius 1 is 1.06 bits per heavy atom. The summed E-state index contributed by atoms with van der Waals surface area (Å²) in [6.45, 7) is 0. The molecule has 3 nitrogen and oxygen atoms in total. The van der Waals surface area contributed by atoms with E-state index in [2.05, 4.69) is 11.8 Å². The molecule has 1 aromatic carbocycles. The summed E-state index contributed by atoms with van der Waals surface area (Å²) < 4.78 is 15.7. The lowest BCUT2D eigenvalue weighted by atomic mass is 10.1. The Kier molecular flexibility index (Phi) is 5.51. The van der Waals surface area contributed by atoms with Crippen molar-refractivity contribution in [2.75, 3.05) is 27.2 Å². The van der Waals surface area contributed by atoms with Gasteiger partial charge in [0.15, 0.2) is 11.5 Å². The van der Waals surface area contributed by atoms with Crippen LogP contribution in [0.15, 0.2) is 12.1 Å². The summed E-state index contributed by atoms with van der Waals surface area (Å²) in [6, 6.07) is 3.63. The average molecular weight is 255 g/mol. The predicted octanol–water partition coefficient (Wildman–Crippen LogP) is 2.69. The maximum atomic E-state index is 5.57. The quantitative estimate of drug-likeness (QED) is 0.611. The van der Waals surface area contributed by atoms with E-state index in [-0.39, 0.29) is 0 Å². The predicted molar refractivity (Wildman–Crippen MR) is 68.3 cm³/mol. The molecule has 0 bridgehead atoms. The molecule has 0 unspecified atom stereocenters. The maximum Gasteiger partial charge on any atom is 0.204 e. The second kappa shape index (κ2) is 6.93. The van der Waals surface area contributed by atoms with Crippen LogP contribution < -0.4 is 14.2 Å². The van der Waals surface area contributed by atoms with Crippen molar-refractivity contribution in [2.24, 2.45) is 0 Å². The van der Waals surface area contributed by atoms with Gasteiger partial charge in [-0.05, 0) is 12.1 Å². The second-order valence-corrected chi connectivity index (χ2v) is 3.50. The zero-order valence-corrected chi connectivity index (χ0v) is 10.9. The second-order valence-electron chi connectivity index (χ2n) is 3.12. The fraction of sp³-hybridized carbons (Fsp3) is 0.385. The summed E-state index contributed by atoms with van der Waals surface area (Å²) in [5.74, 6) is 8.21. The van der Waals surface area contributed by atoms with Gasteiger partial charge in [-0.3, -0.25) is 0 Å². The monoisotopic (exact) mass is 254 g/mol. The first-order valence-corrected chi connectivity index (χ1v) is 5.65. The van der Waals surface area contributed by atoms with Gasteiger partial charge >= 0.3 is 0 Å². The zero-order valence-electron chi connectivity index (χ0n) is 10.2. The van der Waals surface area contributed by atoms with Gasteiger partial charge in [0.25, 0.3) is 0 Å². The molecule has 0 saturated carbocycles. The lowest BCUT2D eigenvalue weighted by Gasteiger charge is -2.12. The third kappa shape index (κ3) is 3.21. The van der Waals surface area contributed by atoms with E-state index in [0.29, 0.717) is 29.5 Å². The number of halogens is 1. The lowest BCUT2D eigenvalue weighted by Crippen LogP contribution is -1.96. The number of hydrogen-bond donors (Lipinski definition) is 0. The topological polar surface area (TPSA) is 27.7 Å². The van der Waals surface area contributed by atoms with Crippen molar-refractivity contribution in [2.45, 2.75) is 6.42 Å². The van der Waals surface area contributed by atoms with Crippen LogP contribution in [-0.2, 0) is 0 Å². The number of hydrogen-bond acceptors (Lipinski definition) is 3. The fourth-order valence-electron chi connectivity index (χ4n) is 1.40. The van der Waals surface area contributed by atoms with Gasteiger partial charge in [-0.2, -0.15) is 0 Å². The molecule has 0 fully saturated rings. The summed E-state index contributed by atoms with van der Waals surface area (Å²) in [5, 5.41) is 0. The minimum absolute atomic E-state index is 0.516. The summed E-state index contributed by atoms with van der Waals surface area (Å²) >= 11 is 5.57. The summed E-state index contributed by atoms with van der Waals surface area (Å²) in [7, 11) is 4.72. The van der Waals surface area contributed by atoms with E-state index in [1.54, 1.807) is 27.4 Å². The normalized spacial score (nSPS) is 9.18. The van der Waals surface area contributed by atoms with Gasteiger partial charge in [-0.1, -0.05) is 11.8 Å². The van der Waals surface area contributed by atoms with Gasteiger partial charge in [0.05, 0.1) is 26.9 Å². The van der Waals surface area contributed by atoms with E-state index in [1.165, 1.54) is 0 Å². The van der Waals surface area contributed by atoms with E-state index >= 15 is 0 Å². The molecule has 0 aromatic heterocycles. The molecule has 1 rings (SSSR count). The van der Waals surface area contributed by atoms with Crippen LogP contribution in [0.2, 0.25) is 0 Å². The van der Waals surface area contributed by atoms with Crippen LogP contribution in [0.5, 0.6) is 17.2 Å². The first kappa shape index (κ1) is 13.5. The molecule has 0 amide bonds.